The zero-order valence-electron chi connectivity index (χ0n) is 17.9. The second-order valence-electron chi connectivity index (χ2n) is 8.07. The van der Waals surface area contributed by atoms with E-state index >= 15 is 22.0 Å². The van der Waals surface area contributed by atoms with E-state index in [4.69, 9.17) is 0 Å². The van der Waals surface area contributed by atoms with Gasteiger partial charge in [0.1, 0.15) is 5.41 Å². The summed E-state index contributed by atoms with van der Waals surface area (Å²) in [5, 5.41) is 0. The quantitative estimate of drug-likeness (QED) is 0.117. The van der Waals surface area contributed by atoms with E-state index in [0.29, 0.717) is 36.4 Å². The number of benzene rings is 3. The lowest BCUT2D eigenvalue weighted by Crippen LogP contribution is -2.46. The molecule has 0 bridgehead atoms. The zero-order chi connectivity index (χ0) is 27.9. The molecular formula is C24H6F8O6. The van der Waals surface area contributed by atoms with Gasteiger partial charge in [0.15, 0.2) is 23.3 Å². The number of halogens is 8. The van der Waals surface area contributed by atoms with Crippen molar-refractivity contribution in [1.29, 1.82) is 0 Å². The van der Waals surface area contributed by atoms with Crippen molar-refractivity contribution in [3.63, 3.8) is 0 Å². The standard InChI is InChI=1S/C24H6F8O6/c25-14-13(15(26)17(28)18(29)16(14)27)23(24(30,31)32,7-1-3-9-11(5-7)21(35)37-19(9)33)8-2-4-10-12(6-8)22(36)38-20(10)34/h1-6H. The molecule has 0 atom stereocenters. The van der Waals surface area contributed by atoms with Gasteiger partial charge in [-0.2, -0.15) is 13.2 Å². The van der Waals surface area contributed by atoms with Crippen LogP contribution in [0.2, 0.25) is 0 Å². The molecular weight excluding hydrogens is 536 g/mol. The number of esters is 4. The summed E-state index contributed by atoms with van der Waals surface area (Å²) >= 11 is 0. The number of carbonyl (C=O) groups is 4. The molecule has 3 aromatic carbocycles. The molecule has 14 heteroatoms. The molecule has 2 heterocycles. The first-order valence-electron chi connectivity index (χ1n) is 10.1. The third-order valence-electron chi connectivity index (χ3n) is 6.17. The van der Waals surface area contributed by atoms with Gasteiger partial charge in [-0.1, -0.05) is 12.1 Å². The molecule has 6 nitrogen and oxygen atoms in total. The maximum Gasteiger partial charge on any atom is 0.406 e. The molecule has 2 aliphatic heterocycles. The first-order chi connectivity index (χ1) is 17.7. The summed E-state index contributed by atoms with van der Waals surface area (Å²) in [6.07, 6.45) is -5.95. The Labute approximate surface area is 204 Å². The largest absolute Gasteiger partial charge is 0.406 e. The van der Waals surface area contributed by atoms with Crippen LogP contribution in [0.25, 0.3) is 0 Å². The van der Waals surface area contributed by atoms with Crippen molar-refractivity contribution in [3.05, 3.63) is 104 Å². The SMILES string of the molecule is O=C1OC(=O)c2cc(C(c3ccc4c(c3)C(=O)OC4=O)(c3c(F)c(F)c(F)c(F)c3F)C(F)(F)F)ccc21. The molecule has 0 fully saturated rings. The van der Waals surface area contributed by atoms with Crippen molar-refractivity contribution in [1.82, 2.24) is 0 Å². The van der Waals surface area contributed by atoms with E-state index in [-0.39, 0.29) is 0 Å². The van der Waals surface area contributed by atoms with Crippen LogP contribution in [0, 0.1) is 29.1 Å². The summed E-state index contributed by atoms with van der Waals surface area (Å²) in [4.78, 5) is 47.7. The Hall–Kier alpha value is -4.62. The Morgan fingerprint density at radius 1 is 0.500 bits per heavy atom. The zero-order valence-corrected chi connectivity index (χ0v) is 17.9. The molecule has 5 rings (SSSR count). The maximum atomic E-state index is 15.2. The smallest absolute Gasteiger partial charge is 0.386 e. The van der Waals surface area contributed by atoms with Gasteiger partial charge >= 0.3 is 30.1 Å². The molecule has 0 aromatic heterocycles. The van der Waals surface area contributed by atoms with Crippen LogP contribution in [0.3, 0.4) is 0 Å². The van der Waals surface area contributed by atoms with Gasteiger partial charge in [0, 0.05) is 0 Å². The first-order valence-corrected chi connectivity index (χ1v) is 10.1. The summed E-state index contributed by atoms with van der Waals surface area (Å²) in [7, 11) is 0. The lowest BCUT2D eigenvalue weighted by Gasteiger charge is -2.38. The molecule has 38 heavy (non-hydrogen) atoms. The van der Waals surface area contributed by atoms with Crippen molar-refractivity contribution in [2.75, 3.05) is 0 Å². The molecule has 0 radical (unpaired) electrons. The van der Waals surface area contributed by atoms with Crippen LogP contribution in [0.5, 0.6) is 0 Å². The van der Waals surface area contributed by atoms with Crippen LogP contribution in [0.15, 0.2) is 36.4 Å². The summed E-state index contributed by atoms with van der Waals surface area (Å²) in [5.41, 5.74) is -11.9. The highest BCUT2D eigenvalue weighted by molar-refractivity contribution is 6.15. The van der Waals surface area contributed by atoms with Crippen LogP contribution in [0.4, 0.5) is 35.1 Å². The Balaban J connectivity index is 1.99. The summed E-state index contributed by atoms with van der Waals surface area (Å²) < 4.78 is 127. The Morgan fingerprint density at radius 2 is 0.842 bits per heavy atom. The number of carbonyl (C=O) groups excluding carboxylic acids is 4. The van der Waals surface area contributed by atoms with Crippen molar-refractivity contribution >= 4 is 23.9 Å². The average molecular weight is 542 g/mol. The molecule has 0 saturated carbocycles. The van der Waals surface area contributed by atoms with E-state index in [1.807, 2.05) is 0 Å². The molecule has 0 spiro atoms. The first kappa shape index (κ1) is 25.0. The number of hydrogen-bond donors (Lipinski definition) is 0. The van der Waals surface area contributed by atoms with Crippen molar-refractivity contribution in [2.24, 2.45) is 0 Å². The molecule has 0 amide bonds. The van der Waals surface area contributed by atoms with Crippen molar-refractivity contribution in [3.8, 4) is 0 Å². The summed E-state index contributed by atoms with van der Waals surface area (Å²) in [6.45, 7) is 0. The fourth-order valence-electron chi connectivity index (χ4n) is 4.50. The number of hydrogen-bond acceptors (Lipinski definition) is 6. The summed E-state index contributed by atoms with van der Waals surface area (Å²) in [6, 6.07) is 2.92. The van der Waals surface area contributed by atoms with E-state index in [2.05, 4.69) is 9.47 Å². The third-order valence-corrected chi connectivity index (χ3v) is 6.17. The Morgan fingerprint density at radius 3 is 1.21 bits per heavy atom. The fourth-order valence-corrected chi connectivity index (χ4v) is 4.50. The predicted octanol–water partition coefficient (Wildman–Crippen LogP) is 4.90. The minimum absolute atomic E-state index is 0.352. The molecule has 2 aliphatic rings. The van der Waals surface area contributed by atoms with Gasteiger partial charge in [-0.3, -0.25) is 0 Å². The molecule has 194 valence electrons. The van der Waals surface area contributed by atoms with E-state index < -0.39 is 103 Å². The second-order valence-corrected chi connectivity index (χ2v) is 8.07. The van der Waals surface area contributed by atoms with Gasteiger partial charge in [0.05, 0.1) is 27.8 Å². The number of fused-ring (bicyclic) bond motifs is 2. The lowest BCUT2D eigenvalue weighted by molar-refractivity contribution is -0.168. The Kier molecular flexibility index (Phi) is 5.23. The van der Waals surface area contributed by atoms with Crippen LogP contribution in [0.1, 0.15) is 58.1 Å². The van der Waals surface area contributed by atoms with Gasteiger partial charge in [-0.15, -0.1) is 0 Å². The van der Waals surface area contributed by atoms with Gasteiger partial charge in [0.2, 0.25) is 5.82 Å². The lowest BCUT2D eigenvalue weighted by atomic mass is 9.67. The number of ether oxygens (including phenoxy) is 2. The third kappa shape index (κ3) is 3.12. The number of cyclic esters (lactones) is 4. The highest BCUT2D eigenvalue weighted by Crippen LogP contribution is 2.54. The van der Waals surface area contributed by atoms with E-state index in [1.54, 1.807) is 0 Å². The number of rotatable bonds is 3. The minimum atomic E-state index is -5.95. The summed E-state index contributed by atoms with van der Waals surface area (Å²) in [5.74, 6) is -19.3. The van der Waals surface area contributed by atoms with E-state index in [9.17, 15) is 32.3 Å². The monoisotopic (exact) mass is 542 g/mol. The van der Waals surface area contributed by atoms with Crippen molar-refractivity contribution in [2.45, 2.75) is 11.6 Å². The molecule has 0 aliphatic carbocycles. The Bertz CT molecular complexity index is 1540. The highest BCUT2D eigenvalue weighted by Gasteiger charge is 2.62. The predicted molar refractivity (Wildman–Crippen MR) is 105 cm³/mol. The van der Waals surface area contributed by atoms with E-state index in [1.165, 1.54) is 0 Å². The van der Waals surface area contributed by atoms with Gasteiger partial charge in [-0.05, 0) is 35.4 Å². The van der Waals surface area contributed by atoms with Gasteiger partial charge in [0.25, 0.3) is 0 Å². The van der Waals surface area contributed by atoms with Gasteiger partial charge < -0.3 is 9.47 Å². The van der Waals surface area contributed by atoms with E-state index in [0.717, 1.165) is 0 Å². The van der Waals surface area contributed by atoms with Crippen LogP contribution in [-0.4, -0.2) is 30.1 Å². The normalized spacial score (nSPS) is 14.9. The molecule has 0 N–H and O–H groups in total. The number of alkyl halides is 3. The highest BCUT2D eigenvalue weighted by atomic mass is 19.4. The minimum Gasteiger partial charge on any atom is -0.386 e. The maximum absolute atomic E-state index is 15.2. The van der Waals surface area contributed by atoms with Gasteiger partial charge in [-0.25, -0.2) is 41.1 Å². The molecule has 0 saturated heterocycles. The molecule has 3 aromatic rings. The molecule has 0 unspecified atom stereocenters. The van der Waals surface area contributed by atoms with Crippen LogP contribution < -0.4 is 0 Å². The van der Waals surface area contributed by atoms with Crippen LogP contribution in [-0.2, 0) is 14.9 Å². The fraction of sp³-hybridized carbons (Fsp3) is 0.0833. The van der Waals surface area contributed by atoms with Crippen LogP contribution >= 0.6 is 0 Å². The van der Waals surface area contributed by atoms with Crippen molar-refractivity contribution < 1.29 is 63.8 Å². The topological polar surface area (TPSA) is 86.7 Å². The average Bonchev–Trinajstić information content (AvgIpc) is 3.31. The second kappa shape index (κ2) is 7.94.